The molecule has 0 aliphatic carbocycles. The fourth-order valence-electron chi connectivity index (χ4n) is 0.781. The maximum Gasteiger partial charge on any atom is 0.0794 e. The third-order valence-electron chi connectivity index (χ3n) is 2.13. The van der Waals surface area contributed by atoms with Crippen LogP contribution < -0.4 is 0 Å². The summed E-state index contributed by atoms with van der Waals surface area (Å²) in [5, 5.41) is 5.76. The van der Waals surface area contributed by atoms with Gasteiger partial charge in [-0.2, -0.15) is 11.8 Å². The number of thioether (sulfide) groups is 2. The molecule has 0 unspecified atom stereocenters. The molecule has 0 N–H and O–H groups in total. The van der Waals surface area contributed by atoms with Crippen LogP contribution in [0.4, 0.5) is 0 Å². The molecule has 5 heteroatoms. The van der Waals surface area contributed by atoms with Crippen molar-refractivity contribution in [3.63, 3.8) is 0 Å². The van der Waals surface area contributed by atoms with E-state index in [1.807, 2.05) is 25.9 Å². The monoisotopic (exact) mass is 264 g/mol. The summed E-state index contributed by atoms with van der Waals surface area (Å²) in [5.41, 5.74) is 1.10. The molecular weight excluding hydrogens is 240 g/mol. The summed E-state index contributed by atoms with van der Waals surface area (Å²) < 4.78 is 0.317. The van der Waals surface area contributed by atoms with E-state index >= 15 is 0 Å². The van der Waals surface area contributed by atoms with Gasteiger partial charge in [-0.1, -0.05) is 25.9 Å². The molecule has 0 radical (unpaired) electrons. The number of rotatable bonds is 8. The topological polar surface area (TPSA) is 24.8 Å². The van der Waals surface area contributed by atoms with E-state index in [4.69, 9.17) is 4.94 Å². The van der Waals surface area contributed by atoms with Crippen LogP contribution in [0.1, 0.15) is 27.2 Å². The summed E-state index contributed by atoms with van der Waals surface area (Å²) >= 11 is 3.71. The molecule has 0 fully saturated rings. The smallest absolute Gasteiger partial charge is 0.0794 e. The van der Waals surface area contributed by atoms with E-state index in [9.17, 15) is 0 Å². The number of nitrogens with zero attached hydrogens (tertiary/aromatic N) is 2. The molecule has 0 amide bonds. The minimum atomic E-state index is 0.317. The molecule has 16 heavy (non-hydrogen) atoms. The second-order valence-electron chi connectivity index (χ2n) is 4.39. The van der Waals surface area contributed by atoms with Gasteiger partial charge in [-0.15, -0.1) is 16.8 Å². The van der Waals surface area contributed by atoms with Crippen molar-refractivity contribution < 1.29 is 4.94 Å². The van der Waals surface area contributed by atoms with Crippen molar-refractivity contribution in [2.45, 2.75) is 31.9 Å². The highest BCUT2D eigenvalue weighted by molar-refractivity contribution is 8.02. The Morgan fingerprint density at radius 2 is 1.94 bits per heavy atom. The highest BCUT2D eigenvalue weighted by Crippen LogP contribution is 2.27. The van der Waals surface area contributed by atoms with Gasteiger partial charge in [-0.3, -0.25) is 4.94 Å². The second-order valence-corrected chi connectivity index (χ2v) is 6.94. The Morgan fingerprint density at radius 1 is 1.31 bits per heavy atom. The SMILES string of the molecule is CCC(C)(C)SC/C(CSC)=N\ON(C)C. The van der Waals surface area contributed by atoms with Gasteiger partial charge in [0.25, 0.3) is 0 Å². The summed E-state index contributed by atoms with van der Waals surface area (Å²) in [6.07, 6.45) is 3.25. The molecule has 0 rings (SSSR count). The van der Waals surface area contributed by atoms with Gasteiger partial charge in [-0.25, -0.2) is 0 Å². The summed E-state index contributed by atoms with van der Waals surface area (Å²) in [4.78, 5) is 5.15. The number of hydrogen-bond donors (Lipinski definition) is 0. The van der Waals surface area contributed by atoms with Crippen molar-refractivity contribution >= 4 is 29.2 Å². The lowest BCUT2D eigenvalue weighted by Crippen LogP contribution is -2.19. The van der Waals surface area contributed by atoms with Crippen molar-refractivity contribution in [1.29, 1.82) is 0 Å². The predicted molar refractivity (Wildman–Crippen MR) is 77.4 cm³/mol. The van der Waals surface area contributed by atoms with E-state index in [0.717, 1.165) is 17.2 Å². The molecule has 0 aromatic heterocycles. The third-order valence-corrected chi connectivity index (χ3v) is 4.29. The van der Waals surface area contributed by atoms with Crippen molar-refractivity contribution in [2.75, 3.05) is 31.9 Å². The van der Waals surface area contributed by atoms with Gasteiger partial charge in [0.1, 0.15) is 0 Å². The van der Waals surface area contributed by atoms with Crippen LogP contribution in [0.5, 0.6) is 0 Å². The number of oxime groups is 1. The van der Waals surface area contributed by atoms with Crippen LogP contribution in [-0.2, 0) is 4.94 Å². The molecule has 0 saturated heterocycles. The van der Waals surface area contributed by atoms with Gasteiger partial charge < -0.3 is 0 Å². The lowest BCUT2D eigenvalue weighted by Gasteiger charge is -2.22. The van der Waals surface area contributed by atoms with E-state index in [0.29, 0.717) is 4.75 Å². The summed E-state index contributed by atoms with van der Waals surface area (Å²) in [5.74, 6) is 1.87. The quantitative estimate of drug-likeness (QED) is 0.497. The highest BCUT2D eigenvalue weighted by Gasteiger charge is 2.16. The second kappa shape index (κ2) is 8.25. The van der Waals surface area contributed by atoms with Crippen molar-refractivity contribution in [3.8, 4) is 0 Å². The molecule has 0 aromatic carbocycles. The Morgan fingerprint density at radius 3 is 2.38 bits per heavy atom. The molecule has 0 bridgehead atoms. The minimum absolute atomic E-state index is 0.317. The van der Waals surface area contributed by atoms with Crippen LogP contribution in [0.25, 0.3) is 0 Å². The van der Waals surface area contributed by atoms with Gasteiger partial charge >= 0.3 is 0 Å². The van der Waals surface area contributed by atoms with Crippen molar-refractivity contribution in [2.24, 2.45) is 5.16 Å². The van der Waals surface area contributed by atoms with Gasteiger partial charge in [0.05, 0.1) is 5.71 Å². The van der Waals surface area contributed by atoms with E-state index < -0.39 is 0 Å². The van der Waals surface area contributed by atoms with Crippen LogP contribution in [0, 0.1) is 0 Å². The Kier molecular flexibility index (Phi) is 8.32. The van der Waals surface area contributed by atoms with E-state index in [1.165, 1.54) is 6.42 Å². The van der Waals surface area contributed by atoms with Crippen molar-refractivity contribution in [3.05, 3.63) is 0 Å². The lowest BCUT2D eigenvalue weighted by atomic mass is 10.1. The van der Waals surface area contributed by atoms with Gasteiger partial charge in [0.2, 0.25) is 0 Å². The Labute approximate surface area is 108 Å². The van der Waals surface area contributed by atoms with Gasteiger partial charge in [0.15, 0.2) is 0 Å². The fraction of sp³-hybridized carbons (Fsp3) is 0.909. The molecule has 0 aliphatic heterocycles. The normalized spacial score (nSPS) is 13.3. The summed E-state index contributed by atoms with van der Waals surface area (Å²) in [7, 11) is 3.67. The van der Waals surface area contributed by atoms with Gasteiger partial charge in [0, 0.05) is 30.3 Å². The third kappa shape index (κ3) is 8.30. The first-order valence-electron chi connectivity index (χ1n) is 5.44. The fourth-order valence-corrected chi connectivity index (χ4v) is 2.31. The molecule has 3 nitrogen and oxygen atoms in total. The first-order chi connectivity index (χ1) is 7.41. The van der Waals surface area contributed by atoms with Crippen molar-refractivity contribution in [1.82, 2.24) is 5.06 Å². The average Bonchev–Trinajstić information content (AvgIpc) is 2.22. The zero-order valence-corrected chi connectivity index (χ0v) is 12.9. The molecule has 0 saturated carbocycles. The van der Waals surface area contributed by atoms with E-state index in [-0.39, 0.29) is 0 Å². The standard InChI is InChI=1S/C11H24N2OS2/c1-7-11(2,3)16-9-10(8-15-6)12-14-13(4)5/h7-9H2,1-6H3/b12-10-. The van der Waals surface area contributed by atoms with Crippen LogP contribution >= 0.6 is 23.5 Å². The number of hydrogen-bond acceptors (Lipinski definition) is 5. The molecule has 0 aliphatic rings. The van der Waals surface area contributed by atoms with Crippen LogP contribution in [0.15, 0.2) is 5.16 Å². The Balaban J connectivity index is 4.18. The molecule has 0 aromatic rings. The highest BCUT2D eigenvalue weighted by atomic mass is 32.2. The molecule has 0 atom stereocenters. The van der Waals surface area contributed by atoms with Crippen LogP contribution in [0.2, 0.25) is 0 Å². The maximum absolute atomic E-state index is 5.15. The van der Waals surface area contributed by atoms with Crippen LogP contribution in [0.3, 0.4) is 0 Å². The molecule has 0 spiro atoms. The van der Waals surface area contributed by atoms with E-state index in [1.54, 1.807) is 16.8 Å². The Bertz CT molecular complexity index is 218. The zero-order chi connectivity index (χ0) is 12.6. The summed E-state index contributed by atoms with van der Waals surface area (Å²) in [6, 6.07) is 0. The molecule has 0 heterocycles. The van der Waals surface area contributed by atoms with E-state index in [2.05, 4.69) is 32.2 Å². The largest absolute Gasteiger partial charge is 0.298 e. The first-order valence-corrected chi connectivity index (χ1v) is 7.82. The number of hydroxylamine groups is 2. The zero-order valence-electron chi connectivity index (χ0n) is 11.2. The average molecular weight is 264 g/mol. The maximum atomic E-state index is 5.15. The first kappa shape index (κ1) is 16.1. The minimum Gasteiger partial charge on any atom is -0.298 e. The summed E-state index contributed by atoms with van der Waals surface area (Å²) in [6.45, 7) is 6.75. The Hall–Kier alpha value is 0.130. The van der Waals surface area contributed by atoms with Crippen LogP contribution in [-0.4, -0.2) is 47.4 Å². The molecule has 96 valence electrons. The predicted octanol–water partition coefficient (Wildman–Crippen LogP) is 3.12. The molecular formula is C11H24N2OS2. The lowest BCUT2D eigenvalue weighted by molar-refractivity contribution is -0.118. The van der Waals surface area contributed by atoms with Gasteiger partial charge in [-0.05, 0) is 12.7 Å².